The number of pyridine rings is 1. The van der Waals surface area contributed by atoms with Crippen LogP contribution in [0.2, 0.25) is 0 Å². The molecular formula is C25H26N4O4. The van der Waals surface area contributed by atoms with Crippen molar-refractivity contribution in [1.29, 1.82) is 0 Å². The van der Waals surface area contributed by atoms with E-state index in [9.17, 15) is 4.79 Å². The van der Waals surface area contributed by atoms with E-state index in [4.69, 9.17) is 14.3 Å². The van der Waals surface area contributed by atoms with Gasteiger partial charge in [-0.3, -0.25) is 9.78 Å². The second-order valence-electron chi connectivity index (χ2n) is 7.42. The minimum Gasteiger partial charge on any atom is -0.489 e. The Hall–Kier alpha value is -3.91. The van der Waals surface area contributed by atoms with Crippen molar-refractivity contribution in [2.24, 2.45) is 5.16 Å². The third-order valence-corrected chi connectivity index (χ3v) is 5.01. The van der Waals surface area contributed by atoms with Crippen molar-refractivity contribution in [3.05, 3.63) is 84.2 Å². The van der Waals surface area contributed by atoms with E-state index in [0.29, 0.717) is 18.0 Å². The number of morpholine rings is 1. The van der Waals surface area contributed by atoms with Crippen molar-refractivity contribution in [2.75, 3.05) is 43.1 Å². The van der Waals surface area contributed by atoms with E-state index in [0.717, 1.165) is 43.1 Å². The lowest BCUT2D eigenvalue weighted by molar-refractivity contribution is -0.120. The number of carbonyl (C=O) groups excluding carboxylic acids is 1. The van der Waals surface area contributed by atoms with Crippen LogP contribution in [0.5, 0.6) is 5.75 Å². The van der Waals surface area contributed by atoms with Gasteiger partial charge in [0.1, 0.15) is 12.4 Å². The van der Waals surface area contributed by atoms with Gasteiger partial charge in [-0.25, -0.2) is 0 Å². The van der Waals surface area contributed by atoms with Crippen LogP contribution >= 0.6 is 0 Å². The Kier molecular flexibility index (Phi) is 7.86. The Bertz CT molecular complexity index is 1050. The third kappa shape index (κ3) is 7.05. The number of nitrogens with one attached hydrogen (secondary N) is 1. The molecule has 1 fully saturated rings. The predicted octanol–water partition coefficient (Wildman–Crippen LogP) is 3.49. The lowest BCUT2D eigenvalue weighted by Crippen LogP contribution is -2.36. The average molecular weight is 447 g/mol. The molecule has 0 saturated carbocycles. The second kappa shape index (κ2) is 11.6. The molecule has 0 atom stereocenters. The minimum atomic E-state index is -0.277. The Morgan fingerprint density at radius 1 is 1.09 bits per heavy atom. The number of amides is 1. The molecule has 1 amide bonds. The fourth-order valence-corrected chi connectivity index (χ4v) is 3.30. The molecular weight excluding hydrogens is 420 g/mol. The number of nitrogens with zero attached hydrogens (tertiary/aromatic N) is 3. The molecule has 3 aromatic rings. The number of hydrogen-bond donors (Lipinski definition) is 1. The lowest BCUT2D eigenvalue weighted by Gasteiger charge is -2.28. The molecule has 0 bridgehead atoms. The molecule has 1 aliphatic rings. The van der Waals surface area contributed by atoms with Gasteiger partial charge in [0.25, 0.3) is 5.91 Å². The highest BCUT2D eigenvalue weighted by atomic mass is 16.6. The molecule has 1 saturated heterocycles. The van der Waals surface area contributed by atoms with Gasteiger partial charge >= 0.3 is 0 Å². The van der Waals surface area contributed by atoms with Gasteiger partial charge in [-0.05, 0) is 59.7 Å². The van der Waals surface area contributed by atoms with Crippen LogP contribution in [0.4, 0.5) is 11.4 Å². The topological polar surface area (TPSA) is 85.3 Å². The predicted molar refractivity (Wildman–Crippen MR) is 127 cm³/mol. The standard InChI is InChI=1S/C25H26N4O4/c30-25(28-22-4-6-23(7-5-22)29-12-14-31-15-13-29)19-33-27-17-21-2-1-3-24(16-21)32-18-20-8-10-26-11-9-20/h1-11,16-17H,12-15,18-19H2,(H,28,30)/b27-17+. The van der Waals surface area contributed by atoms with E-state index < -0.39 is 0 Å². The lowest BCUT2D eigenvalue weighted by atomic mass is 10.2. The molecule has 8 nitrogen and oxygen atoms in total. The van der Waals surface area contributed by atoms with Crippen LogP contribution in [0.1, 0.15) is 11.1 Å². The number of anilines is 2. The maximum atomic E-state index is 12.1. The number of rotatable bonds is 9. The first kappa shape index (κ1) is 22.3. The van der Waals surface area contributed by atoms with E-state index in [2.05, 4.69) is 20.4 Å². The molecule has 2 aromatic carbocycles. The average Bonchev–Trinajstić information content (AvgIpc) is 2.87. The quantitative estimate of drug-likeness (QED) is 0.400. The molecule has 1 N–H and O–H groups in total. The van der Waals surface area contributed by atoms with Crippen molar-refractivity contribution < 1.29 is 19.1 Å². The number of hydrogen-bond acceptors (Lipinski definition) is 7. The summed E-state index contributed by atoms with van der Waals surface area (Å²) in [6.45, 7) is 3.49. The molecule has 0 radical (unpaired) electrons. The van der Waals surface area contributed by atoms with E-state index >= 15 is 0 Å². The van der Waals surface area contributed by atoms with E-state index in [-0.39, 0.29) is 12.5 Å². The summed E-state index contributed by atoms with van der Waals surface area (Å²) in [5.41, 5.74) is 3.67. The largest absolute Gasteiger partial charge is 0.489 e. The number of oxime groups is 1. The highest BCUT2D eigenvalue weighted by Crippen LogP contribution is 2.19. The Morgan fingerprint density at radius 2 is 1.88 bits per heavy atom. The highest BCUT2D eigenvalue weighted by Gasteiger charge is 2.11. The van der Waals surface area contributed by atoms with Crippen molar-refractivity contribution in [2.45, 2.75) is 6.61 Å². The van der Waals surface area contributed by atoms with Gasteiger partial charge in [-0.2, -0.15) is 0 Å². The monoisotopic (exact) mass is 446 g/mol. The molecule has 2 heterocycles. The number of ether oxygens (including phenoxy) is 2. The molecule has 0 aliphatic carbocycles. The molecule has 0 unspecified atom stereocenters. The van der Waals surface area contributed by atoms with Gasteiger partial charge in [0.05, 0.1) is 19.4 Å². The minimum absolute atomic E-state index is 0.181. The molecule has 1 aliphatic heterocycles. The zero-order chi connectivity index (χ0) is 22.7. The zero-order valence-electron chi connectivity index (χ0n) is 18.2. The van der Waals surface area contributed by atoms with E-state index in [1.54, 1.807) is 18.6 Å². The van der Waals surface area contributed by atoms with Gasteiger partial charge in [-0.1, -0.05) is 17.3 Å². The van der Waals surface area contributed by atoms with Crippen molar-refractivity contribution >= 4 is 23.5 Å². The van der Waals surface area contributed by atoms with E-state index in [1.165, 1.54) is 0 Å². The summed E-state index contributed by atoms with van der Waals surface area (Å²) in [5, 5.41) is 6.70. The summed E-state index contributed by atoms with van der Waals surface area (Å²) in [6.07, 6.45) is 5.01. The van der Waals surface area contributed by atoms with Gasteiger partial charge in [0, 0.05) is 36.9 Å². The Balaban J connectivity index is 1.20. The van der Waals surface area contributed by atoms with Gasteiger partial charge in [0.2, 0.25) is 0 Å². The SMILES string of the molecule is O=C(CO/N=C/c1cccc(OCc2ccncc2)c1)Nc1ccc(N2CCOCC2)cc1. The fourth-order valence-electron chi connectivity index (χ4n) is 3.30. The maximum absolute atomic E-state index is 12.1. The molecule has 170 valence electrons. The van der Waals surface area contributed by atoms with Crippen molar-refractivity contribution in [1.82, 2.24) is 4.98 Å². The van der Waals surface area contributed by atoms with Gasteiger partial charge in [-0.15, -0.1) is 0 Å². The van der Waals surface area contributed by atoms with Crippen LogP contribution in [0.15, 0.2) is 78.2 Å². The number of aromatic nitrogens is 1. The number of carbonyl (C=O) groups is 1. The fraction of sp³-hybridized carbons (Fsp3) is 0.240. The van der Waals surface area contributed by atoms with E-state index in [1.807, 2.05) is 60.7 Å². The molecule has 0 spiro atoms. The molecule has 1 aromatic heterocycles. The van der Waals surface area contributed by atoms with Crippen molar-refractivity contribution in [3.63, 3.8) is 0 Å². The van der Waals surface area contributed by atoms with Crippen LogP contribution in [-0.4, -0.2) is 50.0 Å². The van der Waals surface area contributed by atoms with Crippen molar-refractivity contribution in [3.8, 4) is 5.75 Å². The summed E-state index contributed by atoms with van der Waals surface area (Å²) >= 11 is 0. The summed E-state index contributed by atoms with van der Waals surface area (Å²) in [6, 6.07) is 19.0. The first-order chi connectivity index (χ1) is 16.3. The zero-order valence-corrected chi connectivity index (χ0v) is 18.2. The Morgan fingerprint density at radius 3 is 2.67 bits per heavy atom. The maximum Gasteiger partial charge on any atom is 0.265 e. The molecule has 4 rings (SSSR count). The van der Waals surface area contributed by atoms with Gasteiger partial charge < -0.3 is 24.5 Å². The van der Waals surface area contributed by atoms with Crippen LogP contribution in [0, 0.1) is 0 Å². The first-order valence-corrected chi connectivity index (χ1v) is 10.8. The highest BCUT2D eigenvalue weighted by molar-refractivity contribution is 5.92. The van der Waals surface area contributed by atoms with Crippen LogP contribution in [-0.2, 0) is 21.0 Å². The Labute approximate surface area is 192 Å². The summed E-state index contributed by atoms with van der Waals surface area (Å²) in [7, 11) is 0. The van der Waals surface area contributed by atoms with Crippen LogP contribution < -0.4 is 15.0 Å². The molecule has 8 heteroatoms. The smallest absolute Gasteiger partial charge is 0.265 e. The first-order valence-electron chi connectivity index (χ1n) is 10.8. The van der Waals surface area contributed by atoms with Gasteiger partial charge in [0.15, 0.2) is 6.61 Å². The number of benzene rings is 2. The summed E-state index contributed by atoms with van der Waals surface area (Å²) in [5.74, 6) is 0.440. The normalized spacial score (nSPS) is 13.6. The summed E-state index contributed by atoms with van der Waals surface area (Å²) < 4.78 is 11.2. The third-order valence-electron chi connectivity index (χ3n) is 5.01. The van der Waals surface area contributed by atoms with Crippen LogP contribution in [0.3, 0.4) is 0 Å². The summed E-state index contributed by atoms with van der Waals surface area (Å²) in [4.78, 5) is 23.5. The second-order valence-corrected chi connectivity index (χ2v) is 7.42. The van der Waals surface area contributed by atoms with Crippen LogP contribution in [0.25, 0.3) is 0 Å². The molecule has 33 heavy (non-hydrogen) atoms.